The number of quaternary nitrogens is 1. The van der Waals surface area contributed by atoms with Gasteiger partial charge in [0.15, 0.2) is 0 Å². The Morgan fingerprint density at radius 3 is 2.48 bits per heavy atom. The number of carbonyl (C=O) groups is 1. The third-order valence-corrected chi connectivity index (χ3v) is 4.72. The molecule has 5 nitrogen and oxygen atoms in total. The summed E-state index contributed by atoms with van der Waals surface area (Å²) in [5.74, 6) is 0.683. The number of nitrogens with one attached hydrogen (secondary N) is 2. The molecule has 1 aliphatic heterocycles. The SMILES string of the molecule is COc1ccccc1NC(=O)N1CC[NH+](CCc2ccccc2)CC1. The smallest absolute Gasteiger partial charge is 0.322 e. The van der Waals surface area contributed by atoms with Crippen LogP contribution in [0.4, 0.5) is 10.5 Å². The van der Waals surface area contributed by atoms with Gasteiger partial charge in [0.05, 0.1) is 45.5 Å². The second-order valence-corrected chi connectivity index (χ2v) is 6.35. The maximum atomic E-state index is 12.5. The zero-order chi connectivity index (χ0) is 17.5. The van der Waals surface area contributed by atoms with Crippen LogP contribution >= 0.6 is 0 Å². The second kappa shape index (κ2) is 8.53. The molecule has 0 radical (unpaired) electrons. The largest absolute Gasteiger partial charge is 0.495 e. The maximum absolute atomic E-state index is 12.5. The minimum Gasteiger partial charge on any atom is -0.495 e. The summed E-state index contributed by atoms with van der Waals surface area (Å²) < 4.78 is 5.29. The van der Waals surface area contributed by atoms with Crippen LogP contribution in [0.1, 0.15) is 5.56 Å². The van der Waals surface area contributed by atoms with E-state index >= 15 is 0 Å². The summed E-state index contributed by atoms with van der Waals surface area (Å²) >= 11 is 0. The third kappa shape index (κ3) is 4.73. The van der Waals surface area contributed by atoms with E-state index in [1.54, 1.807) is 12.0 Å². The number of para-hydroxylation sites is 2. The molecule has 1 heterocycles. The third-order valence-electron chi connectivity index (χ3n) is 4.72. The summed E-state index contributed by atoms with van der Waals surface area (Å²) in [5.41, 5.74) is 2.10. The Labute approximate surface area is 149 Å². The van der Waals surface area contributed by atoms with E-state index in [0.717, 1.165) is 39.1 Å². The standard InChI is InChI=1S/C20H25N3O2/c1-25-19-10-6-5-9-18(19)21-20(24)23-15-13-22(14-16-23)12-11-17-7-3-2-4-8-17/h2-10H,11-16H2,1H3,(H,21,24)/p+1. The number of ether oxygens (including phenoxy) is 1. The van der Waals surface area contributed by atoms with Gasteiger partial charge in [-0.3, -0.25) is 0 Å². The molecular formula is C20H26N3O2+. The van der Waals surface area contributed by atoms with Crippen LogP contribution in [0.15, 0.2) is 54.6 Å². The van der Waals surface area contributed by atoms with Crippen LogP contribution in [0, 0.1) is 0 Å². The number of hydrogen-bond donors (Lipinski definition) is 2. The van der Waals surface area contributed by atoms with Crippen LogP contribution in [0.2, 0.25) is 0 Å². The van der Waals surface area contributed by atoms with Gasteiger partial charge < -0.3 is 19.9 Å². The van der Waals surface area contributed by atoms with Crippen molar-refractivity contribution >= 4 is 11.7 Å². The van der Waals surface area contributed by atoms with E-state index in [4.69, 9.17) is 4.74 Å². The minimum atomic E-state index is -0.0494. The number of nitrogens with zero attached hydrogens (tertiary/aromatic N) is 1. The van der Waals surface area contributed by atoms with Crippen molar-refractivity contribution in [1.29, 1.82) is 0 Å². The Morgan fingerprint density at radius 1 is 1.08 bits per heavy atom. The molecule has 5 heteroatoms. The molecule has 2 amide bonds. The van der Waals surface area contributed by atoms with E-state index in [0.29, 0.717) is 11.4 Å². The first-order valence-corrected chi connectivity index (χ1v) is 8.82. The van der Waals surface area contributed by atoms with Gasteiger partial charge in [-0.1, -0.05) is 42.5 Å². The summed E-state index contributed by atoms with van der Waals surface area (Å²) in [6.45, 7) is 4.67. The van der Waals surface area contributed by atoms with Gasteiger partial charge >= 0.3 is 6.03 Å². The molecular weight excluding hydrogens is 314 g/mol. The van der Waals surface area contributed by atoms with Gasteiger partial charge in [-0.15, -0.1) is 0 Å². The molecule has 0 aliphatic carbocycles. The van der Waals surface area contributed by atoms with Gasteiger partial charge in [0, 0.05) is 6.42 Å². The normalized spacial score (nSPS) is 15.0. The average Bonchev–Trinajstić information content (AvgIpc) is 2.68. The Kier molecular flexibility index (Phi) is 5.90. The predicted octanol–water partition coefficient (Wildman–Crippen LogP) is 1.67. The number of amides is 2. The van der Waals surface area contributed by atoms with Crippen molar-refractivity contribution in [2.45, 2.75) is 6.42 Å². The van der Waals surface area contributed by atoms with E-state index in [-0.39, 0.29) is 6.03 Å². The molecule has 0 unspecified atom stereocenters. The average molecular weight is 340 g/mol. The first-order valence-electron chi connectivity index (χ1n) is 8.82. The molecule has 1 aliphatic rings. The minimum absolute atomic E-state index is 0.0494. The number of carbonyl (C=O) groups excluding carboxylic acids is 1. The maximum Gasteiger partial charge on any atom is 0.322 e. The first-order chi connectivity index (χ1) is 12.3. The highest BCUT2D eigenvalue weighted by Gasteiger charge is 2.24. The molecule has 1 fully saturated rings. The Balaban J connectivity index is 1.46. The van der Waals surface area contributed by atoms with Crippen molar-refractivity contribution in [1.82, 2.24) is 4.90 Å². The quantitative estimate of drug-likeness (QED) is 0.870. The van der Waals surface area contributed by atoms with Gasteiger partial charge in [-0.2, -0.15) is 0 Å². The molecule has 0 atom stereocenters. The van der Waals surface area contributed by atoms with Crippen LogP contribution in [-0.4, -0.2) is 50.8 Å². The van der Waals surface area contributed by atoms with E-state index in [2.05, 4.69) is 35.6 Å². The number of hydrogen-bond acceptors (Lipinski definition) is 2. The summed E-state index contributed by atoms with van der Waals surface area (Å²) in [7, 11) is 1.61. The van der Waals surface area contributed by atoms with Crippen LogP contribution < -0.4 is 15.0 Å². The topological polar surface area (TPSA) is 46.0 Å². The number of anilines is 1. The van der Waals surface area contributed by atoms with Crippen molar-refractivity contribution in [2.24, 2.45) is 0 Å². The van der Waals surface area contributed by atoms with Crippen molar-refractivity contribution in [3.05, 3.63) is 60.2 Å². The number of rotatable bonds is 5. The summed E-state index contributed by atoms with van der Waals surface area (Å²) in [6, 6.07) is 18.0. The Bertz CT molecular complexity index is 682. The van der Waals surface area contributed by atoms with Crippen LogP contribution in [0.5, 0.6) is 5.75 Å². The zero-order valence-corrected chi connectivity index (χ0v) is 14.7. The summed E-state index contributed by atoms with van der Waals surface area (Å²) in [5, 5.41) is 2.96. The van der Waals surface area contributed by atoms with Crippen LogP contribution in [0.3, 0.4) is 0 Å². The molecule has 2 N–H and O–H groups in total. The van der Waals surface area contributed by atoms with Crippen LogP contribution in [0.25, 0.3) is 0 Å². The van der Waals surface area contributed by atoms with E-state index in [1.165, 1.54) is 5.56 Å². The monoisotopic (exact) mass is 340 g/mol. The Hall–Kier alpha value is -2.53. The van der Waals surface area contributed by atoms with Crippen molar-refractivity contribution < 1.29 is 14.4 Å². The Morgan fingerprint density at radius 2 is 1.76 bits per heavy atom. The van der Waals surface area contributed by atoms with Gasteiger partial charge in [-0.05, 0) is 17.7 Å². The fourth-order valence-corrected chi connectivity index (χ4v) is 3.18. The fraction of sp³-hybridized carbons (Fsp3) is 0.350. The molecule has 25 heavy (non-hydrogen) atoms. The summed E-state index contributed by atoms with van der Waals surface area (Å²) in [6.07, 6.45) is 1.09. The molecule has 0 spiro atoms. The molecule has 2 aromatic rings. The van der Waals surface area contributed by atoms with E-state index in [9.17, 15) is 4.79 Å². The molecule has 3 rings (SSSR count). The number of benzene rings is 2. The number of urea groups is 1. The molecule has 0 saturated carbocycles. The zero-order valence-electron chi connectivity index (χ0n) is 14.7. The molecule has 0 bridgehead atoms. The van der Waals surface area contributed by atoms with Gasteiger partial charge in [0.2, 0.25) is 0 Å². The van der Waals surface area contributed by atoms with Gasteiger partial charge in [-0.25, -0.2) is 4.79 Å². The number of methoxy groups -OCH3 is 1. The van der Waals surface area contributed by atoms with E-state index < -0.39 is 0 Å². The second-order valence-electron chi connectivity index (χ2n) is 6.35. The molecule has 0 aromatic heterocycles. The van der Waals surface area contributed by atoms with Crippen molar-refractivity contribution in [2.75, 3.05) is 45.2 Å². The lowest BCUT2D eigenvalue weighted by molar-refractivity contribution is -0.903. The molecule has 1 saturated heterocycles. The lowest BCUT2D eigenvalue weighted by Crippen LogP contribution is -3.15. The van der Waals surface area contributed by atoms with Crippen molar-refractivity contribution in [3.8, 4) is 5.75 Å². The van der Waals surface area contributed by atoms with Crippen molar-refractivity contribution in [3.63, 3.8) is 0 Å². The highest BCUT2D eigenvalue weighted by Crippen LogP contribution is 2.23. The highest BCUT2D eigenvalue weighted by atomic mass is 16.5. The van der Waals surface area contributed by atoms with Crippen LogP contribution in [-0.2, 0) is 6.42 Å². The predicted molar refractivity (Wildman–Crippen MR) is 99.3 cm³/mol. The lowest BCUT2D eigenvalue weighted by Gasteiger charge is -2.32. The first kappa shape index (κ1) is 17.3. The fourth-order valence-electron chi connectivity index (χ4n) is 3.18. The molecule has 2 aromatic carbocycles. The highest BCUT2D eigenvalue weighted by molar-refractivity contribution is 5.91. The lowest BCUT2D eigenvalue weighted by atomic mass is 10.1. The number of piperazine rings is 1. The van der Waals surface area contributed by atoms with Gasteiger partial charge in [0.25, 0.3) is 0 Å². The van der Waals surface area contributed by atoms with E-state index in [1.807, 2.05) is 29.2 Å². The van der Waals surface area contributed by atoms with Gasteiger partial charge in [0.1, 0.15) is 5.75 Å². The molecule has 132 valence electrons. The summed E-state index contributed by atoms with van der Waals surface area (Å²) in [4.78, 5) is 15.9.